The highest BCUT2D eigenvalue weighted by Crippen LogP contribution is 2.21. The molecule has 0 bridgehead atoms. The third kappa shape index (κ3) is 4.69. The van der Waals surface area contributed by atoms with E-state index in [1.807, 2.05) is 56.3 Å². The van der Waals surface area contributed by atoms with Gasteiger partial charge in [0.2, 0.25) is 5.91 Å². The summed E-state index contributed by atoms with van der Waals surface area (Å²) in [6.45, 7) is 5.60. The average Bonchev–Trinajstić information content (AvgIpc) is 2.58. The lowest BCUT2D eigenvalue weighted by atomic mass is 10.0. The Kier molecular flexibility index (Phi) is 6.13. The largest absolute Gasteiger partial charge is 0.356 e. The van der Waals surface area contributed by atoms with Crippen LogP contribution in [0.5, 0.6) is 0 Å². The smallest absolute Gasteiger partial charge is 0.227 e. The van der Waals surface area contributed by atoms with Gasteiger partial charge in [0.25, 0.3) is 0 Å². The zero-order valence-corrected chi connectivity index (χ0v) is 14.4. The van der Waals surface area contributed by atoms with Crippen molar-refractivity contribution in [3.8, 4) is 0 Å². The molecule has 2 N–H and O–H groups in total. The Morgan fingerprint density at radius 1 is 0.917 bits per heavy atom. The second-order valence-electron chi connectivity index (χ2n) is 5.84. The van der Waals surface area contributed by atoms with E-state index in [4.69, 9.17) is 0 Å². The Labute approximate surface area is 143 Å². The summed E-state index contributed by atoms with van der Waals surface area (Å²) in [5.74, 6) is 0.158. The molecule has 0 aliphatic rings. The fraction of sp³-hybridized carbons (Fsp3) is 0.300. The van der Waals surface area contributed by atoms with Gasteiger partial charge in [-0.3, -0.25) is 9.59 Å². The molecule has 24 heavy (non-hydrogen) atoms. The van der Waals surface area contributed by atoms with Crippen molar-refractivity contribution < 1.29 is 9.59 Å². The zero-order valence-electron chi connectivity index (χ0n) is 14.4. The van der Waals surface area contributed by atoms with Crippen molar-refractivity contribution in [2.24, 2.45) is 5.92 Å². The Hall–Kier alpha value is -2.62. The number of anilines is 3. The van der Waals surface area contributed by atoms with E-state index < -0.39 is 0 Å². The van der Waals surface area contributed by atoms with Gasteiger partial charge < -0.3 is 10.6 Å². The summed E-state index contributed by atoms with van der Waals surface area (Å²) in [6.07, 6.45) is 1.68. The van der Waals surface area contributed by atoms with Gasteiger partial charge in [-0.05, 0) is 56.2 Å². The van der Waals surface area contributed by atoms with Gasteiger partial charge in [-0.2, -0.15) is 0 Å². The van der Waals surface area contributed by atoms with E-state index in [1.165, 1.54) is 0 Å². The van der Waals surface area contributed by atoms with Crippen LogP contribution in [0, 0.1) is 5.92 Å². The molecule has 2 rings (SSSR count). The number of nitrogens with one attached hydrogen (secondary N) is 2. The van der Waals surface area contributed by atoms with Crippen molar-refractivity contribution in [3.05, 3.63) is 54.1 Å². The molecule has 4 heteroatoms. The number of hydrogen-bond donors (Lipinski definition) is 2. The minimum absolute atomic E-state index is 0.0399. The number of amides is 1. The quantitative estimate of drug-likeness (QED) is 0.704. The maximum Gasteiger partial charge on any atom is 0.227 e. The predicted octanol–water partition coefficient (Wildman–Crippen LogP) is 5.01. The van der Waals surface area contributed by atoms with E-state index in [9.17, 15) is 9.59 Å². The highest BCUT2D eigenvalue weighted by molar-refractivity contribution is 5.95. The van der Waals surface area contributed by atoms with Crippen molar-refractivity contribution in [2.75, 3.05) is 10.6 Å². The zero-order chi connectivity index (χ0) is 17.5. The van der Waals surface area contributed by atoms with Crippen LogP contribution in [0.15, 0.2) is 48.5 Å². The summed E-state index contributed by atoms with van der Waals surface area (Å²) in [7, 11) is 0. The second-order valence-corrected chi connectivity index (χ2v) is 5.84. The molecule has 2 aromatic carbocycles. The van der Waals surface area contributed by atoms with Crippen molar-refractivity contribution >= 4 is 28.8 Å². The van der Waals surface area contributed by atoms with Gasteiger partial charge in [0, 0.05) is 28.5 Å². The lowest BCUT2D eigenvalue weighted by Gasteiger charge is -2.13. The first-order valence-electron chi connectivity index (χ1n) is 8.32. The van der Waals surface area contributed by atoms with E-state index in [2.05, 4.69) is 10.6 Å². The number of carbonyl (C=O) groups is 2. The Balaban J connectivity index is 2.03. The molecule has 0 heterocycles. The molecular formula is C20H24N2O2. The molecule has 0 fully saturated rings. The standard InChI is InChI=1S/C20H24N2O2/c1-4-15(5-2)20(24)22-18-11-9-17(10-12-18)21-19-8-6-7-16(13-19)14(3)23/h6-13,15,21H,4-5H2,1-3H3,(H,22,24). The predicted molar refractivity (Wildman–Crippen MR) is 98.9 cm³/mol. The lowest BCUT2D eigenvalue weighted by Crippen LogP contribution is -2.21. The molecule has 0 radical (unpaired) electrons. The number of rotatable bonds is 7. The van der Waals surface area contributed by atoms with E-state index in [0.717, 1.165) is 29.9 Å². The van der Waals surface area contributed by atoms with Crippen LogP contribution in [-0.4, -0.2) is 11.7 Å². The van der Waals surface area contributed by atoms with Crippen molar-refractivity contribution in [1.29, 1.82) is 0 Å². The fourth-order valence-corrected chi connectivity index (χ4v) is 2.52. The average molecular weight is 324 g/mol. The summed E-state index contributed by atoms with van der Waals surface area (Å²) >= 11 is 0. The topological polar surface area (TPSA) is 58.2 Å². The Morgan fingerprint density at radius 2 is 1.54 bits per heavy atom. The van der Waals surface area contributed by atoms with Gasteiger partial charge >= 0.3 is 0 Å². The van der Waals surface area contributed by atoms with Gasteiger partial charge in [-0.1, -0.05) is 26.0 Å². The van der Waals surface area contributed by atoms with Gasteiger partial charge in [0.05, 0.1) is 0 Å². The monoisotopic (exact) mass is 324 g/mol. The normalized spacial score (nSPS) is 10.5. The first kappa shape index (κ1) is 17.7. The molecule has 0 aliphatic heterocycles. The van der Waals surface area contributed by atoms with Gasteiger partial charge in [0.15, 0.2) is 5.78 Å². The van der Waals surface area contributed by atoms with E-state index in [-0.39, 0.29) is 17.6 Å². The maximum atomic E-state index is 12.1. The molecule has 0 saturated carbocycles. The third-order valence-electron chi connectivity index (χ3n) is 4.07. The summed E-state index contributed by atoms with van der Waals surface area (Å²) in [5.41, 5.74) is 3.22. The van der Waals surface area contributed by atoms with Crippen LogP contribution < -0.4 is 10.6 Å². The minimum Gasteiger partial charge on any atom is -0.356 e. The van der Waals surface area contributed by atoms with Gasteiger partial charge in [-0.15, -0.1) is 0 Å². The third-order valence-corrected chi connectivity index (χ3v) is 4.07. The van der Waals surface area contributed by atoms with Crippen molar-refractivity contribution in [3.63, 3.8) is 0 Å². The summed E-state index contributed by atoms with van der Waals surface area (Å²) in [6, 6.07) is 14.9. The molecule has 2 aromatic rings. The van der Waals surface area contributed by atoms with Crippen LogP contribution in [0.1, 0.15) is 44.0 Å². The number of Topliss-reactive ketones (excluding diaryl/α,β-unsaturated/α-hetero) is 1. The van der Waals surface area contributed by atoms with E-state index >= 15 is 0 Å². The molecule has 0 aromatic heterocycles. The molecule has 0 atom stereocenters. The van der Waals surface area contributed by atoms with Crippen molar-refractivity contribution in [1.82, 2.24) is 0 Å². The summed E-state index contributed by atoms with van der Waals surface area (Å²) in [4.78, 5) is 23.5. The van der Waals surface area contributed by atoms with Crippen LogP contribution in [0.3, 0.4) is 0 Å². The molecule has 0 unspecified atom stereocenters. The maximum absolute atomic E-state index is 12.1. The number of carbonyl (C=O) groups excluding carboxylic acids is 2. The molecule has 126 valence electrons. The first-order chi connectivity index (χ1) is 11.5. The van der Waals surface area contributed by atoms with E-state index in [1.54, 1.807) is 13.0 Å². The summed E-state index contributed by atoms with van der Waals surface area (Å²) < 4.78 is 0. The number of ketones is 1. The highest BCUT2D eigenvalue weighted by Gasteiger charge is 2.13. The molecular weight excluding hydrogens is 300 g/mol. The highest BCUT2D eigenvalue weighted by atomic mass is 16.1. The van der Waals surface area contributed by atoms with Crippen LogP contribution in [-0.2, 0) is 4.79 Å². The van der Waals surface area contributed by atoms with Gasteiger partial charge in [-0.25, -0.2) is 0 Å². The Morgan fingerprint density at radius 3 is 2.12 bits per heavy atom. The summed E-state index contributed by atoms with van der Waals surface area (Å²) in [5, 5.41) is 6.21. The van der Waals surface area contributed by atoms with Crippen LogP contribution in [0.4, 0.5) is 17.1 Å². The number of hydrogen-bond acceptors (Lipinski definition) is 3. The van der Waals surface area contributed by atoms with Crippen molar-refractivity contribution in [2.45, 2.75) is 33.6 Å². The molecule has 0 spiro atoms. The molecule has 4 nitrogen and oxygen atoms in total. The minimum atomic E-state index is 0.0399. The van der Waals surface area contributed by atoms with Crippen LogP contribution >= 0.6 is 0 Å². The molecule has 0 aliphatic carbocycles. The Bertz CT molecular complexity index is 704. The molecule has 1 amide bonds. The van der Waals surface area contributed by atoms with E-state index in [0.29, 0.717) is 5.56 Å². The SMILES string of the molecule is CCC(CC)C(=O)Nc1ccc(Nc2cccc(C(C)=O)c2)cc1. The van der Waals surface area contributed by atoms with Gasteiger partial charge in [0.1, 0.15) is 0 Å². The lowest BCUT2D eigenvalue weighted by molar-refractivity contribution is -0.120. The fourth-order valence-electron chi connectivity index (χ4n) is 2.52. The second kappa shape index (κ2) is 8.29. The first-order valence-corrected chi connectivity index (χ1v) is 8.32. The van der Waals surface area contributed by atoms with Crippen LogP contribution in [0.2, 0.25) is 0 Å². The molecule has 0 saturated heterocycles. The number of benzene rings is 2. The van der Waals surface area contributed by atoms with Crippen LogP contribution in [0.25, 0.3) is 0 Å².